The molecule has 0 aliphatic carbocycles. The number of hydrogen-bond donors (Lipinski definition) is 1. The number of carbonyl (C=O) groups is 2. The second kappa shape index (κ2) is 7.08. The summed E-state index contributed by atoms with van der Waals surface area (Å²) < 4.78 is 4.78. The first-order valence-corrected chi connectivity index (χ1v) is 7.14. The summed E-state index contributed by atoms with van der Waals surface area (Å²) in [5, 5.41) is 0. The molecule has 1 aliphatic rings. The smallest absolute Gasteiger partial charge is 0.332 e. The summed E-state index contributed by atoms with van der Waals surface area (Å²) in [6, 6.07) is 8.83. The Kier molecular flexibility index (Phi) is 5.16. The number of rotatable bonds is 4. The first-order chi connectivity index (χ1) is 10.1. The number of carbonyl (C=O) groups excluding carboxylic acids is 2. The number of anilines is 1. The molecule has 0 aromatic heterocycles. The highest BCUT2D eigenvalue weighted by atomic mass is 16.5. The van der Waals surface area contributed by atoms with Crippen molar-refractivity contribution in [2.75, 3.05) is 37.7 Å². The fourth-order valence-electron chi connectivity index (χ4n) is 2.35. The van der Waals surface area contributed by atoms with Crippen LogP contribution in [0.4, 0.5) is 5.69 Å². The van der Waals surface area contributed by atoms with E-state index >= 15 is 0 Å². The predicted octanol–water partition coefficient (Wildman–Crippen LogP) is 0.226. The van der Waals surface area contributed by atoms with Crippen molar-refractivity contribution >= 4 is 17.6 Å². The molecular formula is C15H21N3O3. The third kappa shape index (κ3) is 3.72. The Morgan fingerprint density at radius 2 is 1.81 bits per heavy atom. The second-order valence-corrected chi connectivity index (χ2v) is 4.88. The van der Waals surface area contributed by atoms with E-state index in [-0.39, 0.29) is 12.5 Å². The van der Waals surface area contributed by atoms with E-state index in [4.69, 9.17) is 10.5 Å². The summed E-state index contributed by atoms with van der Waals surface area (Å²) in [6.07, 6.45) is 0. The van der Waals surface area contributed by atoms with E-state index in [1.807, 2.05) is 30.3 Å². The number of esters is 1. The molecule has 1 aromatic carbocycles. The van der Waals surface area contributed by atoms with Gasteiger partial charge in [0, 0.05) is 31.9 Å². The lowest BCUT2D eigenvalue weighted by Gasteiger charge is -2.36. The summed E-state index contributed by atoms with van der Waals surface area (Å²) in [5.41, 5.74) is 6.78. The number of piperazine rings is 1. The first-order valence-electron chi connectivity index (χ1n) is 7.14. The summed E-state index contributed by atoms with van der Waals surface area (Å²) in [4.78, 5) is 27.5. The Morgan fingerprint density at radius 1 is 1.19 bits per heavy atom. The van der Waals surface area contributed by atoms with E-state index in [0.29, 0.717) is 13.1 Å². The molecule has 2 rings (SSSR count). The Balaban J connectivity index is 1.89. The van der Waals surface area contributed by atoms with Gasteiger partial charge >= 0.3 is 5.97 Å². The standard InChI is InChI=1S/C15H21N3O3/c1-2-21-15(20)13(16)14(19)18-10-8-17(9-11-18)12-6-4-3-5-7-12/h3-7,13H,2,8-11,16H2,1H3. The molecule has 1 atom stereocenters. The minimum absolute atomic E-state index is 0.224. The van der Waals surface area contributed by atoms with Gasteiger partial charge in [0.1, 0.15) is 0 Å². The molecule has 0 bridgehead atoms. The van der Waals surface area contributed by atoms with Gasteiger partial charge in [0.2, 0.25) is 0 Å². The number of amides is 1. The number of ether oxygens (including phenoxy) is 1. The maximum Gasteiger partial charge on any atom is 0.332 e. The zero-order chi connectivity index (χ0) is 15.2. The molecule has 114 valence electrons. The number of benzene rings is 1. The van der Waals surface area contributed by atoms with Gasteiger partial charge < -0.3 is 20.3 Å². The van der Waals surface area contributed by atoms with Gasteiger partial charge in [-0.05, 0) is 19.1 Å². The molecular weight excluding hydrogens is 270 g/mol. The number of hydrogen-bond acceptors (Lipinski definition) is 5. The molecule has 0 radical (unpaired) electrons. The van der Waals surface area contributed by atoms with Gasteiger partial charge in [-0.3, -0.25) is 4.79 Å². The Morgan fingerprint density at radius 3 is 2.38 bits per heavy atom. The monoisotopic (exact) mass is 291 g/mol. The maximum absolute atomic E-state index is 12.1. The van der Waals surface area contributed by atoms with Gasteiger partial charge in [-0.15, -0.1) is 0 Å². The van der Waals surface area contributed by atoms with E-state index in [1.165, 1.54) is 0 Å². The fourth-order valence-corrected chi connectivity index (χ4v) is 2.35. The third-order valence-electron chi connectivity index (χ3n) is 3.52. The van der Waals surface area contributed by atoms with Crippen LogP contribution in [0.15, 0.2) is 30.3 Å². The molecule has 1 saturated heterocycles. The quantitative estimate of drug-likeness (QED) is 0.634. The Hall–Kier alpha value is -2.08. The van der Waals surface area contributed by atoms with E-state index in [2.05, 4.69) is 4.90 Å². The Labute approximate surface area is 124 Å². The topological polar surface area (TPSA) is 75.9 Å². The van der Waals surface area contributed by atoms with Gasteiger partial charge in [-0.2, -0.15) is 0 Å². The molecule has 6 heteroatoms. The number of nitrogens with zero attached hydrogens (tertiary/aromatic N) is 2. The van der Waals surface area contributed by atoms with Crippen LogP contribution >= 0.6 is 0 Å². The van der Waals surface area contributed by atoms with Crippen molar-refractivity contribution in [1.82, 2.24) is 4.90 Å². The van der Waals surface area contributed by atoms with Crippen molar-refractivity contribution in [1.29, 1.82) is 0 Å². The lowest BCUT2D eigenvalue weighted by atomic mass is 10.2. The van der Waals surface area contributed by atoms with Crippen LogP contribution in [0.5, 0.6) is 0 Å². The van der Waals surface area contributed by atoms with E-state index in [1.54, 1.807) is 11.8 Å². The lowest BCUT2D eigenvalue weighted by Crippen LogP contribution is -2.55. The van der Waals surface area contributed by atoms with Crippen LogP contribution < -0.4 is 10.6 Å². The van der Waals surface area contributed by atoms with Gasteiger partial charge in [0.15, 0.2) is 6.04 Å². The molecule has 21 heavy (non-hydrogen) atoms. The van der Waals surface area contributed by atoms with Gasteiger partial charge in [0.05, 0.1) is 6.61 Å². The zero-order valence-corrected chi connectivity index (χ0v) is 12.2. The molecule has 6 nitrogen and oxygen atoms in total. The molecule has 1 unspecified atom stereocenters. The van der Waals surface area contributed by atoms with Gasteiger partial charge in [0.25, 0.3) is 5.91 Å². The van der Waals surface area contributed by atoms with Crippen molar-refractivity contribution < 1.29 is 14.3 Å². The van der Waals surface area contributed by atoms with Crippen molar-refractivity contribution in [3.63, 3.8) is 0 Å². The van der Waals surface area contributed by atoms with Crippen LogP contribution in [-0.2, 0) is 14.3 Å². The van der Waals surface area contributed by atoms with Gasteiger partial charge in [-0.25, -0.2) is 4.79 Å². The van der Waals surface area contributed by atoms with E-state index < -0.39 is 12.0 Å². The van der Waals surface area contributed by atoms with Crippen molar-refractivity contribution in [3.05, 3.63) is 30.3 Å². The predicted molar refractivity (Wildman–Crippen MR) is 79.8 cm³/mol. The van der Waals surface area contributed by atoms with Crippen LogP contribution in [0.1, 0.15) is 6.92 Å². The van der Waals surface area contributed by atoms with Crippen LogP contribution in [0.25, 0.3) is 0 Å². The SMILES string of the molecule is CCOC(=O)C(N)C(=O)N1CCN(c2ccccc2)CC1. The molecule has 0 spiro atoms. The summed E-state index contributed by atoms with van der Waals surface area (Å²) in [7, 11) is 0. The van der Waals surface area contributed by atoms with Crippen molar-refractivity contribution in [3.8, 4) is 0 Å². The Bertz CT molecular complexity index is 484. The number of nitrogens with two attached hydrogens (primary N) is 1. The normalized spacial score (nSPS) is 16.5. The molecule has 1 aromatic rings. The minimum atomic E-state index is -1.21. The summed E-state index contributed by atoms with van der Waals surface area (Å²) >= 11 is 0. The van der Waals surface area contributed by atoms with Crippen LogP contribution in [0.2, 0.25) is 0 Å². The van der Waals surface area contributed by atoms with E-state index in [9.17, 15) is 9.59 Å². The molecule has 1 fully saturated rings. The summed E-state index contributed by atoms with van der Waals surface area (Å²) in [5.74, 6) is -1.02. The molecule has 1 aliphatic heterocycles. The van der Waals surface area contributed by atoms with Crippen LogP contribution in [0, 0.1) is 0 Å². The molecule has 2 N–H and O–H groups in total. The van der Waals surface area contributed by atoms with Crippen molar-refractivity contribution in [2.45, 2.75) is 13.0 Å². The first kappa shape index (κ1) is 15.3. The highest BCUT2D eigenvalue weighted by molar-refractivity contribution is 6.01. The van der Waals surface area contributed by atoms with Crippen molar-refractivity contribution in [2.24, 2.45) is 5.73 Å². The summed E-state index contributed by atoms with van der Waals surface area (Å²) in [6.45, 7) is 4.48. The zero-order valence-electron chi connectivity index (χ0n) is 12.2. The average Bonchev–Trinajstić information content (AvgIpc) is 2.54. The average molecular weight is 291 g/mol. The van der Waals surface area contributed by atoms with Gasteiger partial charge in [-0.1, -0.05) is 18.2 Å². The van der Waals surface area contributed by atoms with Crippen LogP contribution in [-0.4, -0.2) is 55.6 Å². The second-order valence-electron chi connectivity index (χ2n) is 4.88. The van der Waals surface area contributed by atoms with E-state index in [0.717, 1.165) is 18.8 Å². The lowest BCUT2D eigenvalue weighted by molar-refractivity contribution is -0.151. The maximum atomic E-state index is 12.1. The number of para-hydroxylation sites is 1. The molecule has 0 saturated carbocycles. The fraction of sp³-hybridized carbons (Fsp3) is 0.467. The third-order valence-corrected chi connectivity index (χ3v) is 3.52. The highest BCUT2D eigenvalue weighted by Gasteiger charge is 2.30. The molecule has 1 heterocycles. The minimum Gasteiger partial charge on any atom is -0.464 e. The highest BCUT2D eigenvalue weighted by Crippen LogP contribution is 2.15. The molecule has 1 amide bonds. The van der Waals surface area contributed by atoms with Crippen LogP contribution in [0.3, 0.4) is 0 Å². The largest absolute Gasteiger partial charge is 0.464 e.